The van der Waals surface area contributed by atoms with Gasteiger partial charge in [-0.25, -0.2) is 4.98 Å². The first-order valence-electron chi connectivity index (χ1n) is 3.31. The Morgan fingerprint density at radius 2 is 2.50 bits per heavy atom. The SMILES string of the molecule is NCCOc1nc[nH]c(=O)c1I. The molecule has 12 heavy (non-hydrogen) atoms. The molecule has 0 fully saturated rings. The molecular formula is C6H8IN3O2. The van der Waals surface area contributed by atoms with Crippen molar-refractivity contribution in [1.29, 1.82) is 0 Å². The summed E-state index contributed by atoms with van der Waals surface area (Å²) in [7, 11) is 0. The lowest BCUT2D eigenvalue weighted by Gasteiger charge is -2.02. The number of H-pyrrole nitrogens is 1. The average molecular weight is 281 g/mol. The minimum absolute atomic E-state index is 0.197. The van der Waals surface area contributed by atoms with Crippen molar-refractivity contribution in [1.82, 2.24) is 9.97 Å². The number of nitrogens with two attached hydrogens (primary N) is 1. The lowest BCUT2D eigenvalue weighted by molar-refractivity contribution is 0.312. The van der Waals surface area contributed by atoms with E-state index in [4.69, 9.17) is 10.5 Å². The van der Waals surface area contributed by atoms with Gasteiger partial charge < -0.3 is 15.5 Å². The molecule has 0 aromatic carbocycles. The van der Waals surface area contributed by atoms with Crippen molar-refractivity contribution in [3.63, 3.8) is 0 Å². The first-order valence-corrected chi connectivity index (χ1v) is 4.39. The maximum atomic E-state index is 11.0. The van der Waals surface area contributed by atoms with Crippen molar-refractivity contribution < 1.29 is 4.74 Å². The fourth-order valence-electron chi connectivity index (χ4n) is 0.623. The summed E-state index contributed by atoms with van der Waals surface area (Å²) in [6.07, 6.45) is 1.30. The molecule has 0 saturated carbocycles. The normalized spacial score (nSPS) is 9.83. The van der Waals surface area contributed by atoms with E-state index in [1.807, 2.05) is 22.6 Å². The van der Waals surface area contributed by atoms with Crippen LogP contribution in [-0.2, 0) is 0 Å². The number of hydrogen-bond acceptors (Lipinski definition) is 4. The van der Waals surface area contributed by atoms with Gasteiger partial charge in [-0.15, -0.1) is 0 Å². The summed E-state index contributed by atoms with van der Waals surface area (Å²) in [5, 5.41) is 0. The van der Waals surface area contributed by atoms with Crippen LogP contribution < -0.4 is 16.0 Å². The van der Waals surface area contributed by atoms with Crippen LogP contribution in [0.1, 0.15) is 0 Å². The largest absolute Gasteiger partial charge is 0.475 e. The molecule has 66 valence electrons. The van der Waals surface area contributed by atoms with Crippen molar-refractivity contribution in [2.75, 3.05) is 13.2 Å². The van der Waals surface area contributed by atoms with Crippen LogP contribution in [0, 0.1) is 3.57 Å². The Kier molecular flexibility index (Phi) is 3.48. The van der Waals surface area contributed by atoms with Gasteiger partial charge in [-0.05, 0) is 22.6 Å². The molecule has 1 heterocycles. The van der Waals surface area contributed by atoms with Gasteiger partial charge in [-0.3, -0.25) is 4.79 Å². The molecule has 1 aromatic heterocycles. The summed E-state index contributed by atoms with van der Waals surface area (Å²) in [6, 6.07) is 0. The van der Waals surface area contributed by atoms with Crippen LogP contribution >= 0.6 is 22.6 Å². The zero-order valence-electron chi connectivity index (χ0n) is 6.21. The molecule has 0 radical (unpaired) electrons. The van der Waals surface area contributed by atoms with E-state index in [0.29, 0.717) is 22.6 Å². The number of aromatic nitrogens is 2. The van der Waals surface area contributed by atoms with Gasteiger partial charge in [0.05, 0.1) is 6.33 Å². The summed E-state index contributed by atoms with van der Waals surface area (Å²) < 4.78 is 5.55. The molecule has 0 saturated heterocycles. The van der Waals surface area contributed by atoms with Crippen LogP contribution in [0.15, 0.2) is 11.1 Å². The second kappa shape index (κ2) is 4.41. The molecule has 0 aliphatic carbocycles. The van der Waals surface area contributed by atoms with Gasteiger partial charge in [-0.2, -0.15) is 0 Å². The van der Waals surface area contributed by atoms with E-state index < -0.39 is 0 Å². The lowest BCUT2D eigenvalue weighted by atomic mass is 10.6. The quantitative estimate of drug-likeness (QED) is 0.746. The number of aromatic amines is 1. The average Bonchev–Trinajstić information content (AvgIpc) is 2.08. The van der Waals surface area contributed by atoms with E-state index in [2.05, 4.69) is 9.97 Å². The zero-order chi connectivity index (χ0) is 8.97. The van der Waals surface area contributed by atoms with Gasteiger partial charge in [0.2, 0.25) is 5.88 Å². The third-order valence-corrected chi connectivity index (χ3v) is 2.07. The van der Waals surface area contributed by atoms with Crippen LogP contribution in [0.25, 0.3) is 0 Å². The highest BCUT2D eigenvalue weighted by Crippen LogP contribution is 2.10. The molecule has 0 aliphatic heterocycles. The summed E-state index contributed by atoms with van der Waals surface area (Å²) >= 11 is 1.87. The third-order valence-electron chi connectivity index (χ3n) is 1.12. The topological polar surface area (TPSA) is 81.0 Å². The van der Waals surface area contributed by atoms with E-state index in [-0.39, 0.29) is 5.56 Å². The second-order valence-corrected chi connectivity index (χ2v) is 3.07. The second-order valence-electron chi connectivity index (χ2n) is 1.99. The summed E-state index contributed by atoms with van der Waals surface area (Å²) in [6.45, 7) is 0.775. The summed E-state index contributed by atoms with van der Waals surface area (Å²) in [4.78, 5) is 17.3. The van der Waals surface area contributed by atoms with Gasteiger partial charge in [0.15, 0.2) is 0 Å². The van der Waals surface area contributed by atoms with Crippen molar-refractivity contribution >= 4 is 22.6 Å². The first kappa shape index (κ1) is 9.46. The Bertz CT molecular complexity index is 312. The number of rotatable bonds is 3. The Morgan fingerprint density at radius 1 is 1.75 bits per heavy atom. The van der Waals surface area contributed by atoms with Crippen molar-refractivity contribution in [2.45, 2.75) is 0 Å². The monoisotopic (exact) mass is 281 g/mol. The van der Waals surface area contributed by atoms with Crippen molar-refractivity contribution in [3.05, 3.63) is 20.3 Å². The molecule has 0 atom stereocenters. The van der Waals surface area contributed by atoms with Crippen LogP contribution in [0.5, 0.6) is 5.88 Å². The zero-order valence-corrected chi connectivity index (χ0v) is 8.37. The van der Waals surface area contributed by atoms with E-state index in [9.17, 15) is 4.79 Å². The van der Waals surface area contributed by atoms with Gasteiger partial charge in [0.25, 0.3) is 5.56 Å². The molecule has 5 nitrogen and oxygen atoms in total. The van der Waals surface area contributed by atoms with Crippen LogP contribution in [0.3, 0.4) is 0 Å². The smallest absolute Gasteiger partial charge is 0.268 e. The molecular weight excluding hydrogens is 273 g/mol. The Morgan fingerprint density at radius 3 is 3.17 bits per heavy atom. The molecule has 1 aromatic rings. The van der Waals surface area contributed by atoms with Gasteiger partial charge in [0, 0.05) is 6.54 Å². The standard InChI is InChI=1S/C6H8IN3O2/c7-4-5(11)9-3-10-6(4)12-2-1-8/h3H,1-2,8H2,(H,9,10,11). The van der Waals surface area contributed by atoms with Crippen LogP contribution in [-0.4, -0.2) is 23.1 Å². The molecule has 6 heteroatoms. The predicted octanol–water partition coefficient (Wildman–Crippen LogP) is -0.288. The fourth-order valence-corrected chi connectivity index (χ4v) is 1.07. The van der Waals surface area contributed by atoms with Gasteiger partial charge >= 0.3 is 0 Å². The molecule has 3 N–H and O–H groups in total. The number of halogens is 1. The fraction of sp³-hybridized carbons (Fsp3) is 0.333. The van der Waals surface area contributed by atoms with Crippen LogP contribution in [0.4, 0.5) is 0 Å². The maximum Gasteiger partial charge on any atom is 0.268 e. The molecule has 1 rings (SSSR count). The van der Waals surface area contributed by atoms with Gasteiger partial charge in [0.1, 0.15) is 10.2 Å². The van der Waals surface area contributed by atoms with Crippen molar-refractivity contribution in [3.8, 4) is 5.88 Å². The van der Waals surface area contributed by atoms with E-state index in [0.717, 1.165) is 0 Å². The molecule has 0 unspecified atom stereocenters. The highest BCUT2D eigenvalue weighted by molar-refractivity contribution is 14.1. The summed E-state index contributed by atoms with van der Waals surface area (Å²) in [5.74, 6) is 0.338. The lowest BCUT2D eigenvalue weighted by Crippen LogP contribution is -2.16. The highest BCUT2D eigenvalue weighted by Gasteiger charge is 2.04. The Labute approximate surface area is 82.5 Å². The number of hydrogen-bond donors (Lipinski definition) is 2. The van der Waals surface area contributed by atoms with Crippen molar-refractivity contribution in [2.24, 2.45) is 5.73 Å². The van der Waals surface area contributed by atoms with E-state index in [1.165, 1.54) is 6.33 Å². The predicted molar refractivity (Wildman–Crippen MR) is 52.1 cm³/mol. The maximum absolute atomic E-state index is 11.0. The Hall–Kier alpha value is -0.630. The Balaban J connectivity index is 2.85. The number of nitrogens with zero attached hydrogens (tertiary/aromatic N) is 1. The minimum Gasteiger partial charge on any atom is -0.475 e. The molecule has 0 bridgehead atoms. The minimum atomic E-state index is -0.197. The summed E-state index contributed by atoms with van der Waals surface area (Å²) in [5.41, 5.74) is 5.03. The highest BCUT2D eigenvalue weighted by atomic mass is 127. The number of nitrogens with one attached hydrogen (secondary N) is 1. The molecule has 0 spiro atoms. The van der Waals surface area contributed by atoms with Crippen LogP contribution in [0.2, 0.25) is 0 Å². The van der Waals surface area contributed by atoms with Gasteiger partial charge in [-0.1, -0.05) is 0 Å². The van der Waals surface area contributed by atoms with E-state index >= 15 is 0 Å². The van der Waals surface area contributed by atoms with E-state index in [1.54, 1.807) is 0 Å². The molecule has 0 amide bonds. The number of ether oxygens (including phenoxy) is 1. The third kappa shape index (κ3) is 2.18. The first-order chi connectivity index (χ1) is 5.75. The molecule has 0 aliphatic rings.